The fourth-order valence-electron chi connectivity index (χ4n) is 9.52. The summed E-state index contributed by atoms with van der Waals surface area (Å²) in [4.78, 5) is 4.89. The summed E-state index contributed by atoms with van der Waals surface area (Å²) >= 11 is 0. The molecular weight excluding hydrogens is 665 g/mol. The summed E-state index contributed by atoms with van der Waals surface area (Å²) in [5.41, 5.74) is 17.2. The summed E-state index contributed by atoms with van der Waals surface area (Å²) in [6, 6.07) is 68.9. The van der Waals surface area contributed by atoms with Crippen molar-refractivity contribution < 1.29 is 0 Å². The van der Waals surface area contributed by atoms with Crippen LogP contribution in [0.25, 0.3) is 116 Å². The van der Waals surface area contributed by atoms with E-state index in [9.17, 15) is 0 Å². The second-order valence-electron chi connectivity index (χ2n) is 14.6. The zero-order valence-corrected chi connectivity index (χ0v) is 29.9. The first-order chi connectivity index (χ1) is 27.3. The predicted molar refractivity (Wildman–Crippen MR) is 232 cm³/mol. The Bertz CT molecular complexity index is 3250. The summed E-state index contributed by atoms with van der Waals surface area (Å²) in [7, 11) is 0. The second kappa shape index (κ2) is 11.6. The highest BCUT2D eigenvalue weighted by Crippen LogP contribution is 2.58. The Hall–Kier alpha value is -7.29. The van der Waals surface area contributed by atoms with E-state index in [1.807, 2.05) is 12.3 Å². The van der Waals surface area contributed by atoms with E-state index in [0.717, 1.165) is 16.7 Å². The van der Waals surface area contributed by atoms with Crippen LogP contribution in [0.5, 0.6) is 0 Å². The van der Waals surface area contributed by atoms with Crippen LogP contribution in [-0.2, 0) is 0 Å². The topological polar surface area (TPSA) is 17.8 Å². The lowest BCUT2D eigenvalue weighted by Crippen LogP contribution is -1.94. The zero-order valence-electron chi connectivity index (χ0n) is 29.9. The molecule has 0 amide bonds. The maximum absolute atomic E-state index is 4.89. The molecule has 12 rings (SSSR count). The van der Waals surface area contributed by atoms with E-state index >= 15 is 0 Å². The predicted octanol–water partition coefficient (Wildman–Crippen LogP) is 14.3. The molecule has 2 nitrogen and oxygen atoms in total. The van der Waals surface area contributed by atoms with Gasteiger partial charge in [-0.25, -0.2) is 0 Å². The average Bonchev–Trinajstić information content (AvgIpc) is 3.78. The SMILES string of the molecule is c1ccc(-c2c3c(c(-c4ccccc4)c4ccccc24)-c2ccc(-c4ccc(-n5c6cccnc6c6c7ccccc7ccc65)cc4)c4cccc-3c24)cc1. The van der Waals surface area contributed by atoms with E-state index in [4.69, 9.17) is 4.98 Å². The maximum Gasteiger partial charge on any atom is 0.0969 e. The molecular formula is C53H32N2. The first-order valence-electron chi connectivity index (χ1n) is 19.0. The van der Waals surface area contributed by atoms with E-state index in [2.05, 4.69) is 187 Å². The number of hydrogen-bond acceptors (Lipinski definition) is 1. The van der Waals surface area contributed by atoms with E-state index in [1.54, 1.807) is 0 Å². The van der Waals surface area contributed by atoms with Gasteiger partial charge < -0.3 is 4.57 Å². The first kappa shape index (κ1) is 30.2. The standard InChI is InChI=1S/C53H32N2/c1-3-14-35(15-4-1)47-41-19-9-10-20-42(41)48(36-16-5-2-6-17-36)52-44-30-29-38(40-21-11-22-43(49(40)44)51(47)52)34-24-27-37(28-25-34)55-45-31-26-33-13-7-8-18-39(33)50(45)53-46(55)23-12-32-54-53/h1-32H. The molecule has 2 aromatic heterocycles. The molecule has 254 valence electrons. The monoisotopic (exact) mass is 696 g/mol. The van der Waals surface area contributed by atoms with Crippen LogP contribution in [0.3, 0.4) is 0 Å². The Morgan fingerprint density at radius 1 is 0.327 bits per heavy atom. The number of benzene rings is 9. The highest BCUT2D eigenvalue weighted by molar-refractivity contribution is 6.29. The molecule has 9 aromatic carbocycles. The minimum absolute atomic E-state index is 1.03. The number of hydrogen-bond donors (Lipinski definition) is 0. The van der Waals surface area contributed by atoms with Crippen molar-refractivity contribution in [3.05, 3.63) is 194 Å². The summed E-state index contributed by atoms with van der Waals surface area (Å²) in [6.45, 7) is 0. The quantitative estimate of drug-likeness (QED) is 0.179. The van der Waals surface area contributed by atoms with Crippen LogP contribution in [0, 0.1) is 0 Å². The van der Waals surface area contributed by atoms with Gasteiger partial charge in [-0.2, -0.15) is 0 Å². The van der Waals surface area contributed by atoms with Crippen molar-refractivity contribution >= 4 is 54.3 Å². The van der Waals surface area contributed by atoms with Crippen molar-refractivity contribution in [3.63, 3.8) is 0 Å². The van der Waals surface area contributed by atoms with Gasteiger partial charge in [0.2, 0.25) is 0 Å². The summed E-state index contributed by atoms with van der Waals surface area (Å²) in [5.74, 6) is 0. The minimum atomic E-state index is 1.03. The molecule has 0 fully saturated rings. The van der Waals surface area contributed by atoms with E-state index in [-0.39, 0.29) is 0 Å². The maximum atomic E-state index is 4.89. The van der Waals surface area contributed by atoms with E-state index in [1.165, 1.54) is 98.9 Å². The van der Waals surface area contributed by atoms with Crippen molar-refractivity contribution in [3.8, 4) is 61.3 Å². The van der Waals surface area contributed by atoms with Crippen molar-refractivity contribution in [1.29, 1.82) is 0 Å². The van der Waals surface area contributed by atoms with Gasteiger partial charge >= 0.3 is 0 Å². The normalized spacial score (nSPS) is 12.0. The molecule has 0 saturated heterocycles. The molecule has 2 heterocycles. The fraction of sp³-hybridized carbons (Fsp3) is 0. The minimum Gasteiger partial charge on any atom is -0.308 e. The number of pyridine rings is 1. The second-order valence-corrected chi connectivity index (χ2v) is 14.6. The van der Waals surface area contributed by atoms with Gasteiger partial charge in [-0.05, 0) is 118 Å². The van der Waals surface area contributed by atoms with Gasteiger partial charge in [0.1, 0.15) is 0 Å². The van der Waals surface area contributed by atoms with Gasteiger partial charge in [-0.15, -0.1) is 0 Å². The Morgan fingerprint density at radius 2 is 0.927 bits per heavy atom. The molecule has 2 heteroatoms. The number of nitrogens with zero attached hydrogens (tertiary/aromatic N) is 2. The summed E-state index contributed by atoms with van der Waals surface area (Å²) in [5, 5.41) is 8.80. The Kier molecular flexibility index (Phi) is 6.37. The summed E-state index contributed by atoms with van der Waals surface area (Å²) < 4.78 is 2.36. The molecule has 0 N–H and O–H groups in total. The fourth-order valence-corrected chi connectivity index (χ4v) is 9.52. The number of fused-ring (bicyclic) bond motifs is 9. The Labute approximate surface area is 318 Å². The van der Waals surface area contributed by atoms with Gasteiger partial charge in [0.05, 0.1) is 16.6 Å². The van der Waals surface area contributed by atoms with Gasteiger partial charge in [0.25, 0.3) is 0 Å². The van der Waals surface area contributed by atoms with Gasteiger partial charge in [0.15, 0.2) is 0 Å². The highest BCUT2D eigenvalue weighted by atomic mass is 15.0. The van der Waals surface area contributed by atoms with Crippen LogP contribution >= 0.6 is 0 Å². The molecule has 0 aliphatic heterocycles. The van der Waals surface area contributed by atoms with Crippen LogP contribution in [0.4, 0.5) is 0 Å². The molecule has 55 heavy (non-hydrogen) atoms. The Balaban J connectivity index is 1.08. The van der Waals surface area contributed by atoms with Crippen molar-refractivity contribution in [2.75, 3.05) is 0 Å². The highest BCUT2D eigenvalue weighted by Gasteiger charge is 2.31. The number of rotatable bonds is 4. The largest absolute Gasteiger partial charge is 0.308 e. The van der Waals surface area contributed by atoms with Crippen molar-refractivity contribution in [2.24, 2.45) is 0 Å². The molecule has 0 spiro atoms. The molecule has 0 atom stereocenters. The lowest BCUT2D eigenvalue weighted by atomic mass is 9.82. The molecule has 1 aliphatic rings. The lowest BCUT2D eigenvalue weighted by Gasteiger charge is -2.20. The van der Waals surface area contributed by atoms with E-state index in [0.29, 0.717) is 0 Å². The van der Waals surface area contributed by atoms with Crippen LogP contribution in [0.15, 0.2) is 194 Å². The molecule has 0 saturated carbocycles. The smallest absolute Gasteiger partial charge is 0.0969 e. The van der Waals surface area contributed by atoms with E-state index < -0.39 is 0 Å². The van der Waals surface area contributed by atoms with Gasteiger partial charge in [-0.3, -0.25) is 4.98 Å². The summed E-state index contributed by atoms with van der Waals surface area (Å²) in [6.07, 6.45) is 1.90. The molecule has 0 unspecified atom stereocenters. The Morgan fingerprint density at radius 3 is 1.64 bits per heavy atom. The average molecular weight is 697 g/mol. The van der Waals surface area contributed by atoms with Crippen LogP contribution in [0.1, 0.15) is 0 Å². The molecule has 0 radical (unpaired) electrons. The van der Waals surface area contributed by atoms with Crippen LogP contribution < -0.4 is 0 Å². The van der Waals surface area contributed by atoms with Crippen LogP contribution in [-0.4, -0.2) is 9.55 Å². The third-order valence-corrected chi connectivity index (χ3v) is 11.8. The molecule has 11 aromatic rings. The first-order valence-corrected chi connectivity index (χ1v) is 19.0. The zero-order chi connectivity index (χ0) is 36.0. The molecule has 1 aliphatic carbocycles. The molecule has 0 bridgehead atoms. The van der Waals surface area contributed by atoms with Gasteiger partial charge in [-0.1, -0.05) is 158 Å². The lowest BCUT2D eigenvalue weighted by molar-refractivity contribution is 1.18. The third kappa shape index (κ3) is 4.28. The number of aromatic nitrogens is 2. The van der Waals surface area contributed by atoms with Crippen molar-refractivity contribution in [1.82, 2.24) is 9.55 Å². The van der Waals surface area contributed by atoms with Crippen LogP contribution in [0.2, 0.25) is 0 Å². The third-order valence-electron chi connectivity index (χ3n) is 11.8. The van der Waals surface area contributed by atoms with Gasteiger partial charge in [0, 0.05) is 17.3 Å². The van der Waals surface area contributed by atoms with Crippen molar-refractivity contribution in [2.45, 2.75) is 0 Å².